The van der Waals surface area contributed by atoms with E-state index in [4.69, 9.17) is 0 Å². The highest BCUT2D eigenvalue weighted by atomic mass is 15.2. The quantitative estimate of drug-likeness (QED) is 0.120. The largest absolute Gasteiger partial charge is 0.310 e. The summed E-state index contributed by atoms with van der Waals surface area (Å²) < 4.78 is 0. The standard InChI is InChI=1S/C69H49N3/c1-7-24-52(25-8-1)69(53-26-9-2-10-27-53)67-48-62(43-44-64(67)66-45-51-42-41-50-23-19-20-40-63(50)65(51)49-68(66)69)72(57-34-17-6-18-35-57)61-39-22-38-60(47-61)71(56-32-15-5-16-33-56)59-37-21-36-58(46-59)70(54-28-11-3-12-29-54)55-30-13-4-14-31-55/h1-49H. The van der Waals surface area contributed by atoms with Gasteiger partial charge in [-0.15, -0.1) is 0 Å². The summed E-state index contributed by atoms with van der Waals surface area (Å²) in [5.41, 5.74) is 16.5. The monoisotopic (exact) mass is 919 g/mol. The number of para-hydroxylation sites is 4. The maximum atomic E-state index is 2.50. The van der Waals surface area contributed by atoms with Gasteiger partial charge < -0.3 is 14.7 Å². The van der Waals surface area contributed by atoms with Gasteiger partial charge in [-0.1, -0.05) is 188 Å². The predicted molar refractivity (Wildman–Crippen MR) is 303 cm³/mol. The molecule has 1 aliphatic carbocycles. The lowest BCUT2D eigenvalue weighted by atomic mass is 9.67. The first-order chi connectivity index (χ1) is 35.7. The molecule has 72 heavy (non-hydrogen) atoms. The van der Waals surface area contributed by atoms with Gasteiger partial charge in [0.15, 0.2) is 0 Å². The highest BCUT2D eigenvalue weighted by molar-refractivity contribution is 6.10. The van der Waals surface area contributed by atoms with E-state index in [1.54, 1.807) is 0 Å². The summed E-state index contributed by atoms with van der Waals surface area (Å²) in [4.78, 5) is 7.11. The van der Waals surface area contributed by atoms with Crippen LogP contribution >= 0.6 is 0 Å². The number of nitrogens with zero attached hydrogens (tertiary/aromatic N) is 3. The number of rotatable bonds is 11. The molecular formula is C69H49N3. The zero-order chi connectivity index (χ0) is 47.8. The van der Waals surface area contributed by atoms with E-state index in [0.717, 1.165) is 51.2 Å². The van der Waals surface area contributed by atoms with Gasteiger partial charge in [0.2, 0.25) is 0 Å². The fraction of sp³-hybridized carbons (Fsp3) is 0.0145. The minimum atomic E-state index is -0.610. The molecule has 3 heteroatoms. The SMILES string of the molecule is c1ccc(N(c2ccccc2)c2cccc(N(c3ccccc3)c3cccc(N(c4ccccc4)c4ccc5c(c4)C(c4ccccc4)(c4ccccc4)c4cc6c(ccc7ccccc76)cc4-5)c3)c2)cc1. The molecule has 13 rings (SSSR count). The van der Waals surface area contributed by atoms with Crippen molar-refractivity contribution >= 4 is 72.7 Å². The van der Waals surface area contributed by atoms with Crippen molar-refractivity contribution in [2.75, 3.05) is 14.7 Å². The van der Waals surface area contributed by atoms with Crippen molar-refractivity contribution in [2.45, 2.75) is 5.41 Å². The Balaban J connectivity index is 1.00. The number of anilines is 9. The average Bonchev–Trinajstić information content (AvgIpc) is 3.74. The molecule has 0 aromatic heterocycles. The summed E-state index contributed by atoms with van der Waals surface area (Å²) in [5, 5.41) is 5.01. The van der Waals surface area contributed by atoms with Crippen LogP contribution in [0.15, 0.2) is 297 Å². The van der Waals surface area contributed by atoms with Gasteiger partial charge in [-0.3, -0.25) is 0 Å². The molecule has 0 saturated carbocycles. The Labute approximate surface area is 421 Å². The molecule has 340 valence electrons. The van der Waals surface area contributed by atoms with Crippen LogP contribution in [0.1, 0.15) is 22.3 Å². The van der Waals surface area contributed by atoms with Gasteiger partial charge in [0.05, 0.1) is 5.41 Å². The van der Waals surface area contributed by atoms with Crippen molar-refractivity contribution in [2.24, 2.45) is 0 Å². The second-order valence-corrected chi connectivity index (χ2v) is 18.5. The van der Waals surface area contributed by atoms with Crippen LogP contribution in [0.4, 0.5) is 51.2 Å². The Morgan fingerprint density at radius 3 is 1.04 bits per heavy atom. The molecule has 12 aromatic carbocycles. The van der Waals surface area contributed by atoms with Crippen molar-refractivity contribution in [3.63, 3.8) is 0 Å². The molecule has 3 nitrogen and oxygen atoms in total. The third-order valence-corrected chi connectivity index (χ3v) is 14.4. The second-order valence-electron chi connectivity index (χ2n) is 18.5. The van der Waals surface area contributed by atoms with Crippen LogP contribution in [0.3, 0.4) is 0 Å². The zero-order valence-electron chi connectivity index (χ0n) is 39.6. The second kappa shape index (κ2) is 18.1. The predicted octanol–water partition coefficient (Wildman–Crippen LogP) is 18.8. The molecular weight excluding hydrogens is 871 g/mol. The van der Waals surface area contributed by atoms with E-state index in [1.165, 1.54) is 54.9 Å². The summed E-state index contributed by atoms with van der Waals surface area (Å²) in [5.74, 6) is 0. The Morgan fingerprint density at radius 2 is 0.569 bits per heavy atom. The van der Waals surface area contributed by atoms with E-state index in [0.29, 0.717) is 0 Å². The molecule has 12 aromatic rings. The molecule has 0 N–H and O–H groups in total. The summed E-state index contributed by atoms with van der Waals surface area (Å²) in [6.07, 6.45) is 0. The normalized spacial score (nSPS) is 12.3. The summed E-state index contributed by atoms with van der Waals surface area (Å²) >= 11 is 0. The summed E-state index contributed by atoms with van der Waals surface area (Å²) in [7, 11) is 0. The fourth-order valence-electron chi connectivity index (χ4n) is 11.3. The molecule has 0 unspecified atom stereocenters. The van der Waals surface area contributed by atoms with Gasteiger partial charge in [-0.25, -0.2) is 0 Å². The van der Waals surface area contributed by atoms with Crippen LogP contribution in [0, 0.1) is 0 Å². The van der Waals surface area contributed by atoms with Crippen molar-refractivity contribution in [3.8, 4) is 11.1 Å². The zero-order valence-corrected chi connectivity index (χ0v) is 39.6. The molecule has 0 heterocycles. The highest BCUT2D eigenvalue weighted by Crippen LogP contribution is 2.58. The average molecular weight is 920 g/mol. The molecule has 0 spiro atoms. The molecule has 0 fully saturated rings. The van der Waals surface area contributed by atoms with E-state index in [2.05, 4.69) is 312 Å². The maximum absolute atomic E-state index is 2.50. The van der Waals surface area contributed by atoms with Crippen LogP contribution in [0.5, 0.6) is 0 Å². The lowest BCUT2D eigenvalue weighted by Crippen LogP contribution is -2.28. The Kier molecular flexibility index (Phi) is 10.7. The van der Waals surface area contributed by atoms with Gasteiger partial charge in [0.25, 0.3) is 0 Å². The lowest BCUT2D eigenvalue weighted by molar-refractivity contribution is 0.769. The fourth-order valence-corrected chi connectivity index (χ4v) is 11.3. The van der Waals surface area contributed by atoms with Crippen LogP contribution in [0.2, 0.25) is 0 Å². The van der Waals surface area contributed by atoms with E-state index in [9.17, 15) is 0 Å². The topological polar surface area (TPSA) is 9.72 Å². The van der Waals surface area contributed by atoms with Crippen LogP contribution < -0.4 is 14.7 Å². The molecule has 1 aliphatic rings. The van der Waals surface area contributed by atoms with E-state index >= 15 is 0 Å². The van der Waals surface area contributed by atoms with Gasteiger partial charge in [0, 0.05) is 51.2 Å². The third-order valence-electron chi connectivity index (χ3n) is 14.4. The number of hydrogen-bond acceptors (Lipinski definition) is 3. The smallest absolute Gasteiger partial charge is 0.0714 e. The molecule has 0 saturated heterocycles. The van der Waals surface area contributed by atoms with Crippen LogP contribution in [-0.4, -0.2) is 0 Å². The van der Waals surface area contributed by atoms with E-state index in [1.807, 2.05) is 0 Å². The van der Waals surface area contributed by atoms with Gasteiger partial charge in [0.1, 0.15) is 0 Å². The Morgan fingerprint density at radius 1 is 0.208 bits per heavy atom. The highest BCUT2D eigenvalue weighted by Gasteiger charge is 2.46. The maximum Gasteiger partial charge on any atom is 0.0714 e. The third kappa shape index (κ3) is 7.30. The number of benzene rings is 12. The Hall–Kier alpha value is -9.44. The molecule has 0 radical (unpaired) electrons. The van der Waals surface area contributed by atoms with Gasteiger partial charge in [-0.05, 0) is 164 Å². The molecule has 0 bridgehead atoms. The van der Waals surface area contributed by atoms with Crippen molar-refractivity contribution in [1.82, 2.24) is 0 Å². The number of fused-ring (bicyclic) bond motifs is 6. The number of hydrogen-bond donors (Lipinski definition) is 0. The van der Waals surface area contributed by atoms with Gasteiger partial charge >= 0.3 is 0 Å². The molecule has 0 amide bonds. The van der Waals surface area contributed by atoms with E-state index in [-0.39, 0.29) is 0 Å². The summed E-state index contributed by atoms with van der Waals surface area (Å²) in [6.45, 7) is 0. The van der Waals surface area contributed by atoms with Crippen molar-refractivity contribution in [3.05, 3.63) is 320 Å². The van der Waals surface area contributed by atoms with Crippen molar-refractivity contribution in [1.29, 1.82) is 0 Å². The first-order valence-electron chi connectivity index (χ1n) is 24.8. The van der Waals surface area contributed by atoms with E-state index < -0.39 is 5.41 Å². The molecule has 0 aliphatic heterocycles. The van der Waals surface area contributed by atoms with Gasteiger partial charge in [-0.2, -0.15) is 0 Å². The van der Waals surface area contributed by atoms with Crippen molar-refractivity contribution < 1.29 is 0 Å². The lowest BCUT2D eigenvalue weighted by Gasteiger charge is -2.35. The van der Waals surface area contributed by atoms with Crippen LogP contribution in [0.25, 0.3) is 32.7 Å². The summed E-state index contributed by atoms with van der Waals surface area (Å²) in [6, 6.07) is 108. The minimum Gasteiger partial charge on any atom is -0.310 e. The first-order valence-corrected chi connectivity index (χ1v) is 24.8. The molecule has 0 atom stereocenters. The first kappa shape index (κ1) is 42.6. The van der Waals surface area contributed by atoms with Crippen LogP contribution in [-0.2, 0) is 5.41 Å². The Bertz CT molecular complexity index is 3780. The minimum absolute atomic E-state index is 0.610.